The van der Waals surface area contributed by atoms with Gasteiger partial charge in [0.25, 0.3) is 0 Å². The molecule has 11 nitrogen and oxygen atoms in total. The van der Waals surface area contributed by atoms with E-state index in [1.165, 1.54) is 4.68 Å². The lowest BCUT2D eigenvalue weighted by molar-refractivity contribution is -0.137. The predicted octanol–water partition coefficient (Wildman–Crippen LogP) is -0.777. The van der Waals surface area contributed by atoms with Gasteiger partial charge in [-0.15, -0.1) is 5.10 Å². The average Bonchev–Trinajstić information content (AvgIpc) is 3.04. The molecule has 0 saturated carbocycles. The summed E-state index contributed by atoms with van der Waals surface area (Å²) in [4.78, 5) is 33.5. The number of aromatic nitrogens is 4. The summed E-state index contributed by atoms with van der Waals surface area (Å²) in [5.74, 6) is -1.60. The van der Waals surface area contributed by atoms with Gasteiger partial charge >= 0.3 is 5.97 Å². The molecule has 12 heteroatoms. The van der Waals surface area contributed by atoms with Crippen LogP contribution in [0.2, 0.25) is 5.02 Å². The molecule has 0 atom stereocenters. The van der Waals surface area contributed by atoms with E-state index in [2.05, 4.69) is 26.2 Å². The number of rotatable bonds is 9. The van der Waals surface area contributed by atoms with Crippen molar-refractivity contribution in [3.63, 3.8) is 0 Å². The number of nitrogens with zero attached hydrogens (tertiary/aromatic N) is 4. The minimum absolute atomic E-state index is 0.0108. The zero-order valence-corrected chi connectivity index (χ0v) is 14.1. The highest BCUT2D eigenvalue weighted by atomic mass is 35.5. The van der Waals surface area contributed by atoms with E-state index in [-0.39, 0.29) is 25.5 Å². The fourth-order valence-electron chi connectivity index (χ4n) is 1.76. The Morgan fingerprint density at radius 2 is 1.88 bits per heavy atom. The fraction of sp³-hybridized carbons (Fsp3) is 0.286. The van der Waals surface area contributed by atoms with E-state index in [1.54, 1.807) is 24.3 Å². The van der Waals surface area contributed by atoms with Gasteiger partial charge in [-0.1, -0.05) is 23.7 Å². The molecule has 2 aromatic rings. The van der Waals surface area contributed by atoms with Crippen molar-refractivity contribution < 1.29 is 24.2 Å². The van der Waals surface area contributed by atoms with Crippen LogP contribution >= 0.6 is 11.6 Å². The number of benzene rings is 1. The smallest absolute Gasteiger partial charge is 0.322 e. The molecule has 0 aliphatic carbocycles. The Hall–Kier alpha value is -3.21. The van der Waals surface area contributed by atoms with Gasteiger partial charge in [0.1, 0.15) is 25.4 Å². The largest absolute Gasteiger partial charge is 0.484 e. The van der Waals surface area contributed by atoms with Crippen LogP contribution in [0.4, 0.5) is 0 Å². The van der Waals surface area contributed by atoms with E-state index in [0.29, 0.717) is 10.8 Å². The maximum absolute atomic E-state index is 11.8. The summed E-state index contributed by atoms with van der Waals surface area (Å²) in [5, 5.41) is 24.2. The van der Waals surface area contributed by atoms with Gasteiger partial charge in [-0.25, -0.2) is 4.68 Å². The zero-order valence-electron chi connectivity index (χ0n) is 13.4. The number of tetrazole rings is 1. The quantitative estimate of drug-likeness (QED) is 0.511. The summed E-state index contributed by atoms with van der Waals surface area (Å²) in [6.45, 7) is -1.13. The van der Waals surface area contributed by atoms with Crippen molar-refractivity contribution in [2.75, 3.05) is 13.1 Å². The van der Waals surface area contributed by atoms with Crippen LogP contribution in [0, 0.1) is 0 Å². The van der Waals surface area contributed by atoms with Gasteiger partial charge in [0, 0.05) is 0 Å². The summed E-state index contributed by atoms with van der Waals surface area (Å²) in [7, 11) is 0. The van der Waals surface area contributed by atoms with E-state index in [4.69, 9.17) is 21.4 Å². The van der Waals surface area contributed by atoms with Crippen LogP contribution in [0.3, 0.4) is 0 Å². The Morgan fingerprint density at radius 3 is 2.62 bits per heavy atom. The first-order chi connectivity index (χ1) is 12.5. The van der Waals surface area contributed by atoms with Crippen LogP contribution in [0.25, 0.3) is 0 Å². The Morgan fingerprint density at radius 1 is 1.15 bits per heavy atom. The second-order valence-corrected chi connectivity index (χ2v) is 5.33. The molecule has 0 bridgehead atoms. The van der Waals surface area contributed by atoms with E-state index >= 15 is 0 Å². The topological polar surface area (TPSA) is 148 Å². The molecule has 0 aliphatic rings. The van der Waals surface area contributed by atoms with Crippen molar-refractivity contribution in [1.82, 2.24) is 30.8 Å². The van der Waals surface area contributed by atoms with Crippen LogP contribution in [-0.2, 0) is 27.5 Å². The van der Waals surface area contributed by atoms with Gasteiger partial charge in [0.05, 0.1) is 11.6 Å². The number of hydrogen-bond acceptors (Lipinski definition) is 7. The first kappa shape index (κ1) is 19.1. The lowest BCUT2D eigenvalue weighted by atomic mass is 10.3. The zero-order chi connectivity index (χ0) is 18.9. The van der Waals surface area contributed by atoms with Crippen molar-refractivity contribution in [3.05, 3.63) is 35.1 Å². The number of carbonyl (C=O) groups excluding carboxylic acids is 2. The molecule has 3 N–H and O–H groups in total. The Labute approximate surface area is 152 Å². The lowest BCUT2D eigenvalue weighted by Gasteiger charge is -2.08. The highest BCUT2D eigenvalue weighted by Gasteiger charge is 2.13. The molecule has 0 unspecified atom stereocenters. The number of para-hydroxylation sites is 1. The van der Waals surface area contributed by atoms with E-state index < -0.39 is 24.3 Å². The van der Waals surface area contributed by atoms with Gasteiger partial charge in [-0.2, -0.15) is 0 Å². The van der Waals surface area contributed by atoms with Crippen LogP contribution < -0.4 is 15.4 Å². The molecule has 0 aliphatic heterocycles. The van der Waals surface area contributed by atoms with Gasteiger partial charge in [-0.3, -0.25) is 14.4 Å². The molecule has 0 spiro atoms. The number of halogens is 1. The van der Waals surface area contributed by atoms with Gasteiger partial charge < -0.3 is 20.5 Å². The first-order valence-electron chi connectivity index (χ1n) is 7.33. The third-order valence-corrected chi connectivity index (χ3v) is 3.29. The SMILES string of the molecule is O=C(O)CNC(=O)CNC(=O)Cn1nnnc1COc1ccccc1Cl. The number of carboxylic acids is 1. The number of carboxylic acid groups (broad SMARTS) is 1. The number of ether oxygens (including phenoxy) is 1. The van der Waals surface area contributed by atoms with Crippen molar-refractivity contribution in [1.29, 1.82) is 0 Å². The van der Waals surface area contributed by atoms with E-state index in [1.807, 2.05) is 0 Å². The molecule has 1 aromatic carbocycles. The van der Waals surface area contributed by atoms with Gasteiger partial charge in [-0.05, 0) is 22.6 Å². The second kappa shape index (κ2) is 9.32. The van der Waals surface area contributed by atoms with Gasteiger partial charge in [0.2, 0.25) is 11.8 Å². The summed E-state index contributed by atoms with van der Waals surface area (Å²) < 4.78 is 6.72. The van der Waals surface area contributed by atoms with Crippen molar-refractivity contribution in [3.8, 4) is 5.75 Å². The summed E-state index contributed by atoms with van der Waals surface area (Å²) >= 11 is 5.98. The van der Waals surface area contributed by atoms with Crippen molar-refractivity contribution in [2.24, 2.45) is 0 Å². The first-order valence-corrected chi connectivity index (χ1v) is 7.71. The van der Waals surface area contributed by atoms with Crippen molar-refractivity contribution >= 4 is 29.4 Å². The summed E-state index contributed by atoms with van der Waals surface area (Å²) in [6.07, 6.45) is 0. The number of amides is 2. The summed E-state index contributed by atoms with van der Waals surface area (Å²) in [5.41, 5.74) is 0. The number of carbonyl (C=O) groups is 3. The third kappa shape index (κ3) is 6.02. The van der Waals surface area contributed by atoms with Crippen LogP contribution in [0.5, 0.6) is 5.75 Å². The monoisotopic (exact) mass is 382 g/mol. The Balaban J connectivity index is 1.82. The Bertz CT molecular complexity index is 796. The molecule has 1 heterocycles. The normalized spacial score (nSPS) is 10.2. The molecule has 0 radical (unpaired) electrons. The minimum Gasteiger partial charge on any atom is -0.484 e. The minimum atomic E-state index is -1.18. The molecule has 138 valence electrons. The van der Waals surface area contributed by atoms with E-state index in [0.717, 1.165) is 0 Å². The number of nitrogens with one attached hydrogen (secondary N) is 2. The average molecular weight is 383 g/mol. The Kier molecular flexibility index (Phi) is 6.85. The molecular weight excluding hydrogens is 368 g/mol. The maximum Gasteiger partial charge on any atom is 0.322 e. The molecule has 2 rings (SSSR count). The molecule has 2 amide bonds. The summed E-state index contributed by atoms with van der Waals surface area (Å²) in [6, 6.07) is 6.87. The molecule has 1 aromatic heterocycles. The number of hydrogen-bond donors (Lipinski definition) is 3. The predicted molar refractivity (Wildman–Crippen MR) is 87.3 cm³/mol. The standard InChI is InChI=1S/C14H15ClN6O5/c15-9-3-1-2-4-10(9)26-8-11-18-19-20-21(11)7-13(23)16-5-12(22)17-6-14(24)25/h1-4H,5-8H2,(H,16,23)(H,17,22)(H,24,25). The van der Waals surface area contributed by atoms with Crippen LogP contribution in [0.15, 0.2) is 24.3 Å². The van der Waals surface area contributed by atoms with E-state index in [9.17, 15) is 14.4 Å². The molecular formula is C14H15ClN6O5. The third-order valence-electron chi connectivity index (χ3n) is 2.98. The maximum atomic E-state index is 11.8. The molecule has 0 saturated heterocycles. The van der Waals surface area contributed by atoms with Gasteiger partial charge in [0.15, 0.2) is 5.82 Å². The highest BCUT2D eigenvalue weighted by Crippen LogP contribution is 2.23. The lowest BCUT2D eigenvalue weighted by Crippen LogP contribution is -2.40. The second-order valence-electron chi connectivity index (χ2n) is 4.92. The van der Waals surface area contributed by atoms with Crippen LogP contribution in [-0.4, -0.2) is 56.2 Å². The van der Waals surface area contributed by atoms with Crippen molar-refractivity contribution in [2.45, 2.75) is 13.2 Å². The highest BCUT2D eigenvalue weighted by molar-refractivity contribution is 6.32. The fourth-order valence-corrected chi connectivity index (χ4v) is 1.95. The molecule has 0 fully saturated rings. The molecule has 26 heavy (non-hydrogen) atoms. The van der Waals surface area contributed by atoms with Crippen LogP contribution in [0.1, 0.15) is 5.82 Å². The number of aliphatic carboxylic acids is 1.